The first-order valence-electron chi connectivity index (χ1n) is 12.1. The molecule has 4 rings (SSSR count). The zero-order valence-corrected chi connectivity index (χ0v) is 21.3. The highest BCUT2D eigenvalue weighted by Gasteiger charge is 2.46. The third kappa shape index (κ3) is 5.28. The number of amides is 1. The normalized spacial score (nSPS) is 16.9. The van der Waals surface area contributed by atoms with E-state index in [0.29, 0.717) is 29.0 Å². The summed E-state index contributed by atoms with van der Waals surface area (Å²) in [5.74, 6) is -1.02. The van der Waals surface area contributed by atoms with Crippen molar-refractivity contribution in [1.29, 1.82) is 0 Å². The molecule has 3 aromatic rings. The molecule has 1 aliphatic rings. The number of nitrogens with zero attached hydrogens (tertiary/aromatic N) is 2. The molecule has 1 atom stereocenters. The largest absolute Gasteiger partial charge is 0.507 e. The molecule has 0 saturated carbocycles. The van der Waals surface area contributed by atoms with Gasteiger partial charge in [0.05, 0.1) is 24.3 Å². The molecule has 2 heterocycles. The second-order valence-corrected chi connectivity index (χ2v) is 9.09. The first kappa shape index (κ1) is 25.8. The average molecular weight is 503 g/mol. The van der Waals surface area contributed by atoms with Crippen LogP contribution >= 0.6 is 0 Å². The van der Waals surface area contributed by atoms with Crippen LogP contribution in [-0.4, -0.2) is 44.5 Å². The van der Waals surface area contributed by atoms with Crippen LogP contribution in [-0.2, 0) is 16.1 Å². The molecule has 2 N–H and O–H groups in total. The highest BCUT2D eigenvalue weighted by atomic mass is 16.5. The maximum Gasteiger partial charge on any atom is 0.295 e. The molecule has 0 bridgehead atoms. The lowest BCUT2D eigenvalue weighted by molar-refractivity contribution is -0.140. The lowest BCUT2D eigenvalue weighted by Crippen LogP contribution is -2.29. The van der Waals surface area contributed by atoms with E-state index in [0.717, 1.165) is 5.56 Å². The van der Waals surface area contributed by atoms with Crippen molar-refractivity contribution in [2.24, 2.45) is 0 Å². The monoisotopic (exact) mass is 502 g/mol. The molecule has 2 aromatic carbocycles. The fourth-order valence-corrected chi connectivity index (χ4v) is 4.44. The quantitative estimate of drug-likeness (QED) is 0.256. The fraction of sp³-hybridized carbons (Fsp3) is 0.276. The SMILES string of the molecule is CCOc1cc([C@@H]2/C(=C(\O)c3ccc(OC(C)C)cc3C)C(=O)C(=O)N2Cc2cccnc2)ccc1O. The van der Waals surface area contributed by atoms with Crippen molar-refractivity contribution in [2.45, 2.75) is 46.4 Å². The van der Waals surface area contributed by atoms with Crippen molar-refractivity contribution in [3.63, 3.8) is 0 Å². The number of phenols is 1. The molecule has 0 spiro atoms. The van der Waals surface area contributed by atoms with Crippen molar-refractivity contribution in [2.75, 3.05) is 6.61 Å². The number of aryl methyl sites for hydroxylation is 1. The fourth-order valence-electron chi connectivity index (χ4n) is 4.44. The maximum atomic E-state index is 13.4. The van der Waals surface area contributed by atoms with Crippen LogP contribution in [0.4, 0.5) is 0 Å². The Morgan fingerprint density at radius 1 is 1.14 bits per heavy atom. The lowest BCUT2D eigenvalue weighted by Gasteiger charge is -2.26. The summed E-state index contributed by atoms with van der Waals surface area (Å²) >= 11 is 0. The van der Waals surface area contributed by atoms with Crippen LogP contribution < -0.4 is 9.47 Å². The Morgan fingerprint density at radius 2 is 1.92 bits per heavy atom. The summed E-state index contributed by atoms with van der Waals surface area (Å²) in [5, 5.41) is 21.7. The number of pyridine rings is 1. The molecule has 37 heavy (non-hydrogen) atoms. The van der Waals surface area contributed by atoms with E-state index in [1.807, 2.05) is 19.9 Å². The predicted molar refractivity (Wildman–Crippen MR) is 138 cm³/mol. The smallest absolute Gasteiger partial charge is 0.295 e. The second kappa shape index (κ2) is 10.7. The topological polar surface area (TPSA) is 109 Å². The van der Waals surface area contributed by atoms with Crippen LogP contribution in [0.25, 0.3) is 5.76 Å². The number of carbonyl (C=O) groups excluding carboxylic acids is 2. The Morgan fingerprint density at radius 3 is 2.57 bits per heavy atom. The number of ether oxygens (including phenoxy) is 2. The van der Waals surface area contributed by atoms with Crippen LogP contribution in [0.2, 0.25) is 0 Å². The number of likely N-dealkylation sites (tertiary alicyclic amines) is 1. The van der Waals surface area contributed by atoms with Crippen molar-refractivity contribution in [3.05, 3.63) is 88.8 Å². The van der Waals surface area contributed by atoms with Gasteiger partial charge in [-0.15, -0.1) is 0 Å². The highest BCUT2D eigenvalue weighted by Crippen LogP contribution is 2.43. The van der Waals surface area contributed by atoms with Gasteiger partial charge in [-0.05, 0) is 80.8 Å². The summed E-state index contributed by atoms with van der Waals surface area (Å²) in [6.45, 7) is 7.84. The number of aliphatic hydroxyl groups is 1. The van der Waals surface area contributed by atoms with E-state index in [4.69, 9.17) is 9.47 Å². The number of hydrogen-bond donors (Lipinski definition) is 2. The van der Waals surface area contributed by atoms with Gasteiger partial charge in [0.15, 0.2) is 11.5 Å². The van der Waals surface area contributed by atoms with E-state index in [9.17, 15) is 19.8 Å². The molecule has 0 radical (unpaired) electrons. The zero-order chi connectivity index (χ0) is 26.7. The number of ketones is 1. The number of aliphatic hydroxyl groups excluding tert-OH is 1. The Labute approximate surface area is 215 Å². The van der Waals surface area contributed by atoms with Crippen LogP contribution in [0.3, 0.4) is 0 Å². The standard InChI is InChI=1S/C29H30N2O6/c1-5-36-24-14-20(8-11-23(24)32)26-25(27(33)22-10-9-21(13-18(22)4)37-17(2)3)28(34)29(35)31(26)16-19-7-6-12-30-15-19/h6-15,17,26,32-33H,5,16H2,1-4H3/b27-25+/t26-/m1/s1. The van der Waals surface area contributed by atoms with E-state index in [-0.39, 0.29) is 35.5 Å². The van der Waals surface area contributed by atoms with E-state index in [1.54, 1.807) is 62.6 Å². The lowest BCUT2D eigenvalue weighted by atomic mass is 9.93. The minimum atomic E-state index is -0.911. The average Bonchev–Trinajstić information content (AvgIpc) is 3.10. The van der Waals surface area contributed by atoms with Crippen LogP contribution in [0.15, 0.2) is 66.5 Å². The molecular weight excluding hydrogens is 472 g/mol. The van der Waals surface area contributed by atoms with Crippen molar-refractivity contribution < 1.29 is 29.3 Å². The number of phenolic OH excluding ortho intramolecular Hbond substituents is 1. The molecule has 1 aliphatic heterocycles. The number of Topliss-reactive ketones (excluding diaryl/α,β-unsaturated/α-hetero) is 1. The second-order valence-electron chi connectivity index (χ2n) is 9.09. The third-order valence-corrected chi connectivity index (χ3v) is 6.04. The first-order valence-corrected chi connectivity index (χ1v) is 12.1. The Bertz CT molecular complexity index is 1350. The number of benzene rings is 2. The van der Waals surface area contributed by atoms with Crippen LogP contribution in [0.5, 0.6) is 17.2 Å². The predicted octanol–water partition coefficient (Wildman–Crippen LogP) is 4.90. The van der Waals surface area contributed by atoms with Gasteiger partial charge in [0.1, 0.15) is 11.5 Å². The summed E-state index contributed by atoms with van der Waals surface area (Å²) in [6, 6.07) is 12.5. The van der Waals surface area contributed by atoms with E-state index in [1.165, 1.54) is 11.0 Å². The van der Waals surface area contributed by atoms with Gasteiger partial charge in [-0.3, -0.25) is 14.6 Å². The molecule has 8 nitrogen and oxygen atoms in total. The summed E-state index contributed by atoms with van der Waals surface area (Å²) in [5.41, 5.74) is 2.31. The van der Waals surface area contributed by atoms with E-state index in [2.05, 4.69) is 4.98 Å². The molecular formula is C29H30N2O6. The Kier molecular flexibility index (Phi) is 7.47. The van der Waals surface area contributed by atoms with Gasteiger partial charge in [0.25, 0.3) is 11.7 Å². The number of hydrogen-bond acceptors (Lipinski definition) is 7. The number of rotatable bonds is 8. The highest BCUT2D eigenvalue weighted by molar-refractivity contribution is 6.46. The number of aromatic nitrogens is 1. The molecule has 8 heteroatoms. The number of carbonyl (C=O) groups is 2. The van der Waals surface area contributed by atoms with Gasteiger partial charge >= 0.3 is 0 Å². The van der Waals surface area contributed by atoms with Gasteiger partial charge < -0.3 is 24.6 Å². The molecule has 1 amide bonds. The third-order valence-electron chi connectivity index (χ3n) is 6.04. The van der Waals surface area contributed by atoms with E-state index >= 15 is 0 Å². The Balaban J connectivity index is 1.87. The van der Waals surface area contributed by atoms with Gasteiger partial charge in [0.2, 0.25) is 0 Å². The Hall–Kier alpha value is -4.33. The molecule has 1 saturated heterocycles. The van der Waals surface area contributed by atoms with Crippen LogP contribution in [0, 0.1) is 6.92 Å². The maximum absolute atomic E-state index is 13.4. The molecule has 192 valence electrons. The first-order chi connectivity index (χ1) is 17.7. The number of aromatic hydroxyl groups is 1. The molecule has 1 aromatic heterocycles. The molecule has 1 fully saturated rings. The van der Waals surface area contributed by atoms with Gasteiger partial charge in [-0.25, -0.2) is 0 Å². The van der Waals surface area contributed by atoms with Crippen LogP contribution in [0.1, 0.15) is 49.1 Å². The van der Waals surface area contributed by atoms with Gasteiger partial charge in [0, 0.05) is 24.5 Å². The van der Waals surface area contributed by atoms with Crippen molar-refractivity contribution in [3.8, 4) is 17.2 Å². The summed E-state index contributed by atoms with van der Waals surface area (Å²) in [4.78, 5) is 32.2. The minimum absolute atomic E-state index is 0.0225. The van der Waals surface area contributed by atoms with Crippen molar-refractivity contribution in [1.82, 2.24) is 9.88 Å². The van der Waals surface area contributed by atoms with E-state index < -0.39 is 17.7 Å². The molecule has 0 unspecified atom stereocenters. The minimum Gasteiger partial charge on any atom is -0.507 e. The van der Waals surface area contributed by atoms with Crippen molar-refractivity contribution >= 4 is 17.4 Å². The molecule has 0 aliphatic carbocycles. The summed E-state index contributed by atoms with van der Waals surface area (Å²) < 4.78 is 11.3. The zero-order valence-electron chi connectivity index (χ0n) is 21.3. The van der Waals surface area contributed by atoms with Gasteiger partial charge in [-0.1, -0.05) is 12.1 Å². The summed E-state index contributed by atoms with van der Waals surface area (Å²) in [6.07, 6.45) is 3.22. The van der Waals surface area contributed by atoms with Gasteiger partial charge in [-0.2, -0.15) is 0 Å². The summed E-state index contributed by atoms with van der Waals surface area (Å²) in [7, 11) is 0.